The summed E-state index contributed by atoms with van der Waals surface area (Å²) in [6.45, 7) is 0. The zero-order chi connectivity index (χ0) is 22.7. The molecule has 0 bridgehead atoms. The zero-order valence-electron chi connectivity index (χ0n) is 19.2. The van der Waals surface area contributed by atoms with Crippen LogP contribution in [0.4, 0.5) is 17.2 Å². The van der Waals surface area contributed by atoms with Gasteiger partial charge in [0.1, 0.15) is 5.82 Å². The molecule has 0 fully saturated rings. The fraction of sp³-hybridized carbons (Fsp3) is 0.125. The van der Waals surface area contributed by atoms with Gasteiger partial charge in [0.15, 0.2) is 0 Å². The maximum absolute atomic E-state index is 4.85. The Balaban J connectivity index is 1.33. The largest absolute Gasteiger partial charge is 0.292 e. The molecule has 164 valence electrons. The molecule has 5 aromatic rings. The quantitative estimate of drug-likeness (QED) is 0.253. The summed E-state index contributed by atoms with van der Waals surface area (Å²) in [7, 11) is 0. The van der Waals surface area contributed by atoms with Crippen molar-refractivity contribution in [3.8, 4) is 22.3 Å². The number of fused-ring (bicyclic) bond motifs is 12. The fourth-order valence-electron chi connectivity index (χ4n) is 7.06. The Morgan fingerprint density at radius 1 is 0.600 bits per heavy atom. The standard InChI is InChI=1S/C32H21N3/c1-2-6-23-18(4-1)13-26-24(23)8-7-20-14-25-27(30(20)26)16-22-12-19-9-11-33-17-29(19)35-31(22)28(25)15-21-5-3-10-34-32(21)35/h1-11,16-17H,12-15H2. The lowest BCUT2D eigenvalue weighted by Gasteiger charge is -2.39. The van der Waals surface area contributed by atoms with Crippen LogP contribution < -0.4 is 4.90 Å². The second kappa shape index (κ2) is 6.25. The first-order valence-electron chi connectivity index (χ1n) is 12.4. The summed E-state index contributed by atoms with van der Waals surface area (Å²) >= 11 is 0. The van der Waals surface area contributed by atoms with Crippen molar-refractivity contribution in [1.82, 2.24) is 9.97 Å². The van der Waals surface area contributed by atoms with E-state index in [2.05, 4.69) is 70.5 Å². The molecule has 2 aliphatic carbocycles. The smallest absolute Gasteiger partial charge is 0.141 e. The van der Waals surface area contributed by atoms with Crippen LogP contribution in [0.3, 0.4) is 0 Å². The molecule has 0 saturated heterocycles. The Hall–Kier alpha value is -4.24. The van der Waals surface area contributed by atoms with E-state index in [1.807, 2.05) is 18.6 Å². The zero-order valence-corrected chi connectivity index (χ0v) is 19.2. The summed E-state index contributed by atoms with van der Waals surface area (Å²) in [5.74, 6) is 1.06. The molecular formula is C32H21N3. The van der Waals surface area contributed by atoms with Gasteiger partial charge in [-0.3, -0.25) is 9.88 Å². The van der Waals surface area contributed by atoms with Gasteiger partial charge in [-0.2, -0.15) is 0 Å². The summed E-state index contributed by atoms with van der Waals surface area (Å²) in [5, 5.41) is 0. The lowest BCUT2D eigenvalue weighted by Crippen LogP contribution is -2.26. The molecular weight excluding hydrogens is 426 g/mol. The summed E-state index contributed by atoms with van der Waals surface area (Å²) in [4.78, 5) is 11.7. The summed E-state index contributed by atoms with van der Waals surface area (Å²) in [6, 6.07) is 22.7. The van der Waals surface area contributed by atoms with E-state index >= 15 is 0 Å². The molecule has 0 atom stereocenters. The molecule has 3 aromatic carbocycles. The Morgan fingerprint density at radius 2 is 1.49 bits per heavy atom. The van der Waals surface area contributed by atoms with E-state index in [1.165, 1.54) is 78.1 Å². The average Bonchev–Trinajstić information content (AvgIpc) is 3.47. The number of rotatable bonds is 0. The van der Waals surface area contributed by atoms with Crippen molar-refractivity contribution >= 4 is 17.2 Å². The number of nitrogens with zero attached hydrogens (tertiary/aromatic N) is 3. The third-order valence-corrected chi connectivity index (χ3v) is 8.49. The Kier molecular flexibility index (Phi) is 3.24. The second-order valence-electron chi connectivity index (χ2n) is 10.2. The Morgan fingerprint density at radius 3 is 2.49 bits per heavy atom. The van der Waals surface area contributed by atoms with Gasteiger partial charge in [-0.1, -0.05) is 42.5 Å². The van der Waals surface area contributed by atoms with Crippen molar-refractivity contribution in [3.63, 3.8) is 0 Å². The highest BCUT2D eigenvalue weighted by Crippen LogP contribution is 2.55. The van der Waals surface area contributed by atoms with Crippen LogP contribution in [-0.4, -0.2) is 9.97 Å². The molecule has 0 spiro atoms. The molecule has 2 aromatic heterocycles. The highest BCUT2D eigenvalue weighted by Gasteiger charge is 2.38. The lowest BCUT2D eigenvalue weighted by molar-refractivity contribution is 0.961. The van der Waals surface area contributed by atoms with Gasteiger partial charge >= 0.3 is 0 Å². The fourth-order valence-corrected chi connectivity index (χ4v) is 7.06. The van der Waals surface area contributed by atoms with Crippen LogP contribution in [0.15, 0.2) is 79.3 Å². The van der Waals surface area contributed by atoms with Crippen molar-refractivity contribution in [2.75, 3.05) is 4.90 Å². The second-order valence-corrected chi connectivity index (χ2v) is 10.2. The molecule has 4 heterocycles. The maximum Gasteiger partial charge on any atom is 0.141 e. The first kappa shape index (κ1) is 18.1. The van der Waals surface area contributed by atoms with Crippen LogP contribution in [0.5, 0.6) is 0 Å². The van der Waals surface area contributed by atoms with Gasteiger partial charge in [0.2, 0.25) is 0 Å². The molecule has 3 heteroatoms. The van der Waals surface area contributed by atoms with E-state index in [1.54, 1.807) is 0 Å². The molecule has 9 rings (SSSR count). The summed E-state index contributed by atoms with van der Waals surface area (Å²) in [5.41, 5.74) is 19.8. The number of hydrogen-bond acceptors (Lipinski definition) is 3. The van der Waals surface area contributed by atoms with Gasteiger partial charge in [0.25, 0.3) is 0 Å². The highest BCUT2D eigenvalue weighted by molar-refractivity contribution is 5.95. The molecule has 0 radical (unpaired) electrons. The van der Waals surface area contributed by atoms with Gasteiger partial charge in [-0.15, -0.1) is 0 Å². The maximum atomic E-state index is 4.85. The lowest BCUT2D eigenvalue weighted by atomic mass is 9.83. The minimum absolute atomic E-state index is 0.941. The number of benzene rings is 3. The molecule has 4 aliphatic rings. The highest BCUT2D eigenvalue weighted by atomic mass is 15.2. The molecule has 0 saturated carbocycles. The van der Waals surface area contributed by atoms with Crippen molar-refractivity contribution < 1.29 is 0 Å². The Labute approximate surface area is 203 Å². The number of anilines is 3. The van der Waals surface area contributed by atoms with E-state index in [9.17, 15) is 0 Å². The number of pyridine rings is 2. The average molecular weight is 448 g/mol. The first-order valence-corrected chi connectivity index (χ1v) is 12.4. The van der Waals surface area contributed by atoms with Crippen molar-refractivity contribution in [2.24, 2.45) is 0 Å². The monoisotopic (exact) mass is 447 g/mol. The van der Waals surface area contributed by atoms with E-state index in [0.717, 1.165) is 31.5 Å². The Bertz CT molecular complexity index is 1750. The van der Waals surface area contributed by atoms with Crippen LogP contribution in [0, 0.1) is 0 Å². The normalized spacial score (nSPS) is 14.9. The van der Waals surface area contributed by atoms with E-state index < -0.39 is 0 Å². The number of hydrogen-bond donors (Lipinski definition) is 0. The third-order valence-electron chi connectivity index (χ3n) is 8.49. The van der Waals surface area contributed by atoms with E-state index in [-0.39, 0.29) is 0 Å². The SMILES string of the molecule is c1ccc2c(c1)Cc1c-2ccc2c1-c1cc3c4c(c1C2)Cc1cccnc1N4c1cnccc1C3. The predicted octanol–water partition coefficient (Wildman–Crippen LogP) is 6.90. The van der Waals surface area contributed by atoms with Crippen molar-refractivity contribution in [1.29, 1.82) is 0 Å². The first-order chi connectivity index (χ1) is 17.3. The number of aromatic nitrogens is 2. The summed E-state index contributed by atoms with van der Waals surface area (Å²) < 4.78 is 0. The minimum Gasteiger partial charge on any atom is -0.292 e. The molecule has 0 unspecified atom stereocenters. The van der Waals surface area contributed by atoms with Crippen LogP contribution in [0.1, 0.15) is 44.5 Å². The van der Waals surface area contributed by atoms with Crippen LogP contribution >= 0.6 is 0 Å². The third kappa shape index (κ3) is 2.21. The van der Waals surface area contributed by atoms with E-state index in [4.69, 9.17) is 4.98 Å². The minimum atomic E-state index is 0.941. The molecule has 0 N–H and O–H groups in total. The topological polar surface area (TPSA) is 29.0 Å². The van der Waals surface area contributed by atoms with Crippen LogP contribution in [0.2, 0.25) is 0 Å². The van der Waals surface area contributed by atoms with Gasteiger partial charge in [0, 0.05) is 25.2 Å². The van der Waals surface area contributed by atoms with Crippen molar-refractivity contribution in [2.45, 2.75) is 25.7 Å². The van der Waals surface area contributed by atoms with Crippen LogP contribution in [0.25, 0.3) is 22.3 Å². The molecule has 2 aliphatic heterocycles. The van der Waals surface area contributed by atoms with Gasteiger partial charge in [-0.25, -0.2) is 4.98 Å². The molecule has 0 amide bonds. The van der Waals surface area contributed by atoms with E-state index in [0.29, 0.717) is 0 Å². The summed E-state index contributed by atoms with van der Waals surface area (Å²) in [6.07, 6.45) is 9.78. The van der Waals surface area contributed by atoms with Gasteiger partial charge in [-0.05, 0) is 97.8 Å². The molecule has 3 nitrogen and oxygen atoms in total. The van der Waals surface area contributed by atoms with Crippen molar-refractivity contribution in [3.05, 3.63) is 124 Å². The predicted molar refractivity (Wildman–Crippen MR) is 139 cm³/mol. The molecule has 35 heavy (non-hydrogen) atoms. The van der Waals surface area contributed by atoms with Crippen LogP contribution in [-0.2, 0) is 25.7 Å². The van der Waals surface area contributed by atoms with Gasteiger partial charge < -0.3 is 0 Å². The van der Waals surface area contributed by atoms with Gasteiger partial charge in [0.05, 0.1) is 17.6 Å².